The SMILES string of the molecule is CCN(Cc1ccc2c(c1)OCCO2)c1ccc(S(=O)(=O)NC)cc1[N+](=O)[O-]. The lowest BCUT2D eigenvalue weighted by atomic mass is 10.1. The van der Waals surface area contributed by atoms with Crippen molar-refractivity contribution in [3.63, 3.8) is 0 Å². The highest BCUT2D eigenvalue weighted by atomic mass is 32.2. The Morgan fingerprint density at radius 3 is 2.50 bits per heavy atom. The van der Waals surface area contributed by atoms with Gasteiger partial charge in [0.15, 0.2) is 11.5 Å². The summed E-state index contributed by atoms with van der Waals surface area (Å²) >= 11 is 0. The van der Waals surface area contributed by atoms with E-state index in [0.717, 1.165) is 11.6 Å². The molecule has 0 atom stereocenters. The highest BCUT2D eigenvalue weighted by Gasteiger charge is 2.24. The molecule has 0 saturated carbocycles. The van der Waals surface area contributed by atoms with Crippen LogP contribution in [-0.2, 0) is 16.6 Å². The van der Waals surface area contributed by atoms with Crippen molar-refractivity contribution in [1.29, 1.82) is 0 Å². The average molecular weight is 407 g/mol. The Hall–Kier alpha value is -2.85. The van der Waals surface area contributed by atoms with Crippen LogP contribution in [0, 0.1) is 10.1 Å². The van der Waals surface area contributed by atoms with Crippen molar-refractivity contribution in [2.75, 3.05) is 31.7 Å². The topological polar surface area (TPSA) is 111 Å². The molecule has 28 heavy (non-hydrogen) atoms. The van der Waals surface area contributed by atoms with Gasteiger partial charge in [-0.1, -0.05) is 6.07 Å². The zero-order valence-electron chi connectivity index (χ0n) is 15.5. The van der Waals surface area contributed by atoms with Gasteiger partial charge in [0.25, 0.3) is 5.69 Å². The molecule has 0 radical (unpaired) electrons. The van der Waals surface area contributed by atoms with Crippen LogP contribution in [0.2, 0.25) is 0 Å². The van der Waals surface area contributed by atoms with E-state index in [0.29, 0.717) is 43.5 Å². The van der Waals surface area contributed by atoms with Crippen molar-refractivity contribution in [3.8, 4) is 11.5 Å². The third-order valence-corrected chi connectivity index (χ3v) is 5.84. The highest BCUT2D eigenvalue weighted by molar-refractivity contribution is 7.89. The molecule has 150 valence electrons. The predicted octanol–water partition coefficient (Wildman–Crippen LogP) is 2.30. The minimum atomic E-state index is -3.78. The van der Waals surface area contributed by atoms with Crippen LogP contribution in [-0.4, -0.2) is 40.1 Å². The van der Waals surface area contributed by atoms with Gasteiger partial charge in [-0.15, -0.1) is 0 Å². The fraction of sp³-hybridized carbons (Fsp3) is 0.333. The number of benzene rings is 2. The summed E-state index contributed by atoms with van der Waals surface area (Å²) in [5.74, 6) is 1.32. The fourth-order valence-corrected chi connectivity index (χ4v) is 3.73. The zero-order valence-corrected chi connectivity index (χ0v) is 16.4. The van der Waals surface area contributed by atoms with Crippen molar-refractivity contribution in [2.24, 2.45) is 0 Å². The maximum absolute atomic E-state index is 12.0. The maximum Gasteiger partial charge on any atom is 0.293 e. The van der Waals surface area contributed by atoms with E-state index in [2.05, 4.69) is 4.72 Å². The standard InChI is InChI=1S/C18H21N3O6S/c1-3-20(12-13-4-7-17-18(10-13)27-9-8-26-17)15-6-5-14(28(24,25)19-2)11-16(15)21(22)23/h4-7,10-11,19H,3,8-9,12H2,1-2H3. The Balaban J connectivity index is 1.94. The van der Waals surface area contributed by atoms with Crippen LogP contribution in [0.4, 0.5) is 11.4 Å². The van der Waals surface area contributed by atoms with Gasteiger partial charge in [0.05, 0.1) is 9.82 Å². The number of nitro benzene ring substituents is 1. The number of nitro groups is 1. The first-order valence-electron chi connectivity index (χ1n) is 8.71. The molecule has 10 heteroatoms. The summed E-state index contributed by atoms with van der Waals surface area (Å²) in [4.78, 5) is 12.7. The lowest BCUT2D eigenvalue weighted by Gasteiger charge is -2.24. The number of fused-ring (bicyclic) bond motifs is 1. The molecule has 1 aliphatic heterocycles. The summed E-state index contributed by atoms with van der Waals surface area (Å²) in [6.45, 7) is 3.74. The molecular weight excluding hydrogens is 386 g/mol. The third-order valence-electron chi connectivity index (χ3n) is 4.43. The molecule has 1 heterocycles. The lowest BCUT2D eigenvalue weighted by Crippen LogP contribution is -2.24. The van der Waals surface area contributed by atoms with Gasteiger partial charge in [-0.05, 0) is 43.8 Å². The van der Waals surface area contributed by atoms with Crippen molar-refractivity contribution in [3.05, 3.63) is 52.1 Å². The Morgan fingerprint density at radius 1 is 1.14 bits per heavy atom. The van der Waals surface area contributed by atoms with Crippen molar-refractivity contribution in [1.82, 2.24) is 4.72 Å². The molecule has 3 rings (SSSR count). The molecule has 0 aliphatic carbocycles. The second kappa shape index (κ2) is 8.03. The van der Waals surface area contributed by atoms with E-state index in [-0.39, 0.29) is 10.6 Å². The van der Waals surface area contributed by atoms with Crippen LogP contribution in [0.3, 0.4) is 0 Å². The number of anilines is 1. The number of nitrogens with zero attached hydrogens (tertiary/aromatic N) is 2. The van der Waals surface area contributed by atoms with Crippen molar-refractivity contribution in [2.45, 2.75) is 18.4 Å². The second-order valence-corrected chi connectivity index (χ2v) is 7.99. The second-order valence-electron chi connectivity index (χ2n) is 6.11. The Kier molecular flexibility index (Phi) is 5.71. The van der Waals surface area contributed by atoms with Crippen LogP contribution in [0.1, 0.15) is 12.5 Å². The molecule has 0 amide bonds. The maximum atomic E-state index is 12.0. The Bertz CT molecular complexity index is 993. The highest BCUT2D eigenvalue weighted by Crippen LogP contribution is 2.34. The van der Waals surface area contributed by atoms with E-state index in [4.69, 9.17) is 9.47 Å². The third kappa shape index (κ3) is 4.02. The summed E-state index contributed by atoms with van der Waals surface area (Å²) in [6.07, 6.45) is 0. The lowest BCUT2D eigenvalue weighted by molar-refractivity contribution is -0.384. The minimum absolute atomic E-state index is 0.152. The number of rotatable bonds is 7. The van der Waals surface area contributed by atoms with E-state index >= 15 is 0 Å². The van der Waals surface area contributed by atoms with Gasteiger partial charge >= 0.3 is 0 Å². The number of sulfonamides is 1. The number of hydrogen-bond donors (Lipinski definition) is 1. The van der Waals surface area contributed by atoms with Gasteiger partial charge in [-0.25, -0.2) is 13.1 Å². The smallest absolute Gasteiger partial charge is 0.293 e. The first-order valence-corrected chi connectivity index (χ1v) is 10.2. The van der Waals surface area contributed by atoms with Gasteiger partial charge in [-0.2, -0.15) is 0 Å². The fourth-order valence-electron chi connectivity index (χ4n) is 2.98. The molecule has 0 spiro atoms. The molecule has 1 N–H and O–H groups in total. The molecule has 0 bridgehead atoms. The average Bonchev–Trinajstić information content (AvgIpc) is 2.71. The normalized spacial score (nSPS) is 13.2. The summed E-state index contributed by atoms with van der Waals surface area (Å²) in [6, 6.07) is 9.44. The zero-order chi connectivity index (χ0) is 20.3. The van der Waals surface area contributed by atoms with Crippen LogP contribution in [0.25, 0.3) is 0 Å². The van der Waals surface area contributed by atoms with Gasteiger partial charge in [-0.3, -0.25) is 10.1 Å². The summed E-state index contributed by atoms with van der Waals surface area (Å²) < 4.78 is 37.2. The van der Waals surface area contributed by atoms with Gasteiger partial charge < -0.3 is 14.4 Å². The first-order chi connectivity index (χ1) is 13.4. The van der Waals surface area contributed by atoms with Crippen LogP contribution in [0.15, 0.2) is 41.3 Å². The minimum Gasteiger partial charge on any atom is -0.486 e. The molecule has 0 aromatic heterocycles. The van der Waals surface area contributed by atoms with Gasteiger partial charge in [0, 0.05) is 19.2 Å². The van der Waals surface area contributed by atoms with E-state index in [1.54, 1.807) is 4.90 Å². The largest absolute Gasteiger partial charge is 0.486 e. The monoisotopic (exact) mass is 407 g/mol. The number of ether oxygens (including phenoxy) is 2. The number of nitrogens with one attached hydrogen (secondary N) is 1. The summed E-state index contributed by atoms with van der Waals surface area (Å²) in [5, 5.41) is 11.6. The van der Waals surface area contributed by atoms with Crippen LogP contribution >= 0.6 is 0 Å². The predicted molar refractivity (Wildman–Crippen MR) is 103 cm³/mol. The van der Waals surface area contributed by atoms with E-state index < -0.39 is 14.9 Å². The summed E-state index contributed by atoms with van der Waals surface area (Å²) in [5.41, 5.74) is 0.973. The van der Waals surface area contributed by atoms with E-state index in [1.165, 1.54) is 19.2 Å². The van der Waals surface area contributed by atoms with Crippen LogP contribution < -0.4 is 19.1 Å². The van der Waals surface area contributed by atoms with E-state index in [1.807, 2.05) is 25.1 Å². The first kappa shape index (κ1) is 19.9. The number of hydrogen-bond acceptors (Lipinski definition) is 7. The van der Waals surface area contributed by atoms with Crippen molar-refractivity contribution < 1.29 is 22.8 Å². The molecule has 1 aliphatic rings. The van der Waals surface area contributed by atoms with Gasteiger partial charge in [0.2, 0.25) is 10.0 Å². The molecule has 9 nitrogen and oxygen atoms in total. The van der Waals surface area contributed by atoms with Gasteiger partial charge in [0.1, 0.15) is 18.9 Å². The quantitative estimate of drug-likeness (QED) is 0.554. The molecule has 0 saturated heterocycles. The molecule has 0 unspecified atom stereocenters. The Labute approximate surface area is 163 Å². The molecule has 0 fully saturated rings. The molecule has 2 aromatic rings. The van der Waals surface area contributed by atoms with Crippen LogP contribution in [0.5, 0.6) is 11.5 Å². The Morgan fingerprint density at radius 2 is 1.86 bits per heavy atom. The molecule has 2 aromatic carbocycles. The summed E-state index contributed by atoms with van der Waals surface area (Å²) in [7, 11) is -2.52. The van der Waals surface area contributed by atoms with Crippen molar-refractivity contribution >= 4 is 21.4 Å². The van der Waals surface area contributed by atoms with E-state index in [9.17, 15) is 18.5 Å². The molecular formula is C18H21N3O6S.